The van der Waals surface area contributed by atoms with Gasteiger partial charge in [-0.2, -0.15) is 5.10 Å². The van der Waals surface area contributed by atoms with Crippen LogP contribution in [0.1, 0.15) is 44.9 Å². The predicted octanol–water partition coefficient (Wildman–Crippen LogP) is 2.68. The summed E-state index contributed by atoms with van der Waals surface area (Å²) in [7, 11) is 0. The van der Waals surface area contributed by atoms with Gasteiger partial charge in [-0.15, -0.1) is 0 Å². The zero-order valence-corrected chi connectivity index (χ0v) is 18.7. The van der Waals surface area contributed by atoms with E-state index in [9.17, 15) is 13.9 Å². The van der Waals surface area contributed by atoms with E-state index in [1.165, 1.54) is 23.4 Å². The minimum absolute atomic E-state index is 0.0972. The third-order valence-corrected chi connectivity index (χ3v) is 5.23. The summed E-state index contributed by atoms with van der Waals surface area (Å²) in [6.07, 6.45) is 5.37. The molecule has 2 aliphatic heterocycles. The Hall–Kier alpha value is -2.05. The van der Waals surface area contributed by atoms with E-state index >= 15 is 0 Å². The predicted molar refractivity (Wildman–Crippen MR) is 119 cm³/mol. The number of halogens is 2. The van der Waals surface area contributed by atoms with Crippen molar-refractivity contribution in [2.75, 3.05) is 26.3 Å². The number of aromatic nitrogens is 2. The smallest absolute Gasteiger partial charge is 0.122 e. The van der Waals surface area contributed by atoms with E-state index in [0.717, 1.165) is 32.6 Å². The number of likely N-dealkylation sites (tertiary alicyclic amines) is 1. The van der Waals surface area contributed by atoms with Gasteiger partial charge in [-0.3, -0.25) is 14.9 Å². The number of hydrogen-bond donors (Lipinski definition) is 3. The van der Waals surface area contributed by atoms with Crippen LogP contribution < -0.4 is 5.73 Å². The molecule has 1 aliphatic carbocycles. The lowest BCUT2D eigenvalue weighted by molar-refractivity contribution is 0.0536. The van der Waals surface area contributed by atoms with E-state index in [0.29, 0.717) is 18.2 Å². The van der Waals surface area contributed by atoms with Crippen molar-refractivity contribution in [3.63, 3.8) is 0 Å². The van der Waals surface area contributed by atoms with Gasteiger partial charge in [0.15, 0.2) is 0 Å². The minimum Gasteiger partial charge on any atom is -0.392 e. The lowest BCUT2D eigenvalue weighted by Gasteiger charge is -2.40. The van der Waals surface area contributed by atoms with Gasteiger partial charge in [0.2, 0.25) is 0 Å². The number of nitrogens with two attached hydrogens (primary N) is 1. The van der Waals surface area contributed by atoms with Crippen LogP contribution in [0.4, 0.5) is 8.78 Å². The molecule has 3 atom stereocenters. The van der Waals surface area contributed by atoms with Crippen LogP contribution in [-0.4, -0.2) is 69.6 Å². The number of nitrogens with one attached hydrogen (secondary N) is 1. The summed E-state index contributed by atoms with van der Waals surface area (Å²) >= 11 is 0. The molecule has 0 amide bonds. The van der Waals surface area contributed by atoms with Gasteiger partial charge in [0, 0.05) is 55.9 Å². The van der Waals surface area contributed by atoms with Crippen molar-refractivity contribution in [3.05, 3.63) is 41.0 Å². The van der Waals surface area contributed by atoms with Crippen LogP contribution in [0.15, 0.2) is 29.7 Å². The van der Waals surface area contributed by atoms with Gasteiger partial charge in [0.1, 0.15) is 12.5 Å². The molecule has 0 radical (unpaired) electrons. The Balaban J connectivity index is 0.000000241. The number of nitrogens with zero attached hydrogens (tertiary/aromatic N) is 3. The number of aromatic amines is 1. The van der Waals surface area contributed by atoms with Gasteiger partial charge < -0.3 is 10.8 Å². The Labute approximate surface area is 184 Å². The summed E-state index contributed by atoms with van der Waals surface area (Å²) in [5.41, 5.74) is 9.05. The fourth-order valence-electron chi connectivity index (χ4n) is 3.95. The van der Waals surface area contributed by atoms with E-state index in [1.54, 1.807) is 0 Å². The van der Waals surface area contributed by atoms with Gasteiger partial charge in [0.05, 0.1) is 24.4 Å². The number of aliphatic hydroxyl groups excluding tert-OH is 1. The van der Waals surface area contributed by atoms with Crippen LogP contribution in [0.25, 0.3) is 0 Å². The molecular formula is C23H35F2N5O. The molecule has 1 aromatic heterocycles. The first-order valence-electron chi connectivity index (χ1n) is 11.0. The Morgan fingerprint density at radius 3 is 2.77 bits per heavy atom. The standard InChI is InChI=1S/C13H23N5O.C8H6F2.C2H6/c1-9(19)4-17-6-11(14)2-12(7-17)18-5-10-3-15-16-13(10)8-18;9-6-7-2-1-3-8(10)5-4-7;1-2/h3,9,11-12,19H,2,4-8,14H2,1H3,(H,15,16);4-5H,3,6H2;1-2H3/t9-,11-,12+;;/m0../s1. The lowest BCUT2D eigenvalue weighted by Crippen LogP contribution is -2.55. The molecule has 0 spiro atoms. The second-order valence-electron chi connectivity index (χ2n) is 7.91. The van der Waals surface area contributed by atoms with Crippen LogP contribution in [0, 0.1) is 11.8 Å². The summed E-state index contributed by atoms with van der Waals surface area (Å²) in [5.74, 6) is 4.69. The molecule has 6 nitrogen and oxygen atoms in total. The fraction of sp³-hybridized carbons (Fsp3) is 0.609. The summed E-state index contributed by atoms with van der Waals surface area (Å²) in [6.45, 7) is 9.72. The van der Waals surface area contributed by atoms with Crippen LogP contribution in [0.3, 0.4) is 0 Å². The van der Waals surface area contributed by atoms with Crippen molar-refractivity contribution in [2.45, 2.75) is 64.9 Å². The first kappa shape index (κ1) is 25.2. The number of fused-ring (bicyclic) bond motifs is 1. The number of H-pyrrole nitrogens is 1. The average molecular weight is 436 g/mol. The van der Waals surface area contributed by atoms with Crippen molar-refractivity contribution in [1.29, 1.82) is 0 Å². The van der Waals surface area contributed by atoms with E-state index < -0.39 is 6.67 Å². The number of allylic oxidation sites excluding steroid dienone is 4. The van der Waals surface area contributed by atoms with Gasteiger partial charge in [-0.1, -0.05) is 25.7 Å². The molecule has 31 heavy (non-hydrogen) atoms. The number of alkyl halides is 1. The second kappa shape index (κ2) is 12.7. The summed E-state index contributed by atoms with van der Waals surface area (Å²) in [5, 5.41) is 16.7. The molecule has 0 saturated carbocycles. The van der Waals surface area contributed by atoms with Gasteiger partial charge in [0.25, 0.3) is 0 Å². The summed E-state index contributed by atoms with van der Waals surface area (Å²) in [6, 6.07) is 0.679. The number of β-amino-alcohol motifs (C(OH)–C–C–N with tert-alkyl or cyclic N) is 1. The summed E-state index contributed by atoms with van der Waals surface area (Å²) in [4.78, 5) is 4.76. The van der Waals surface area contributed by atoms with Crippen molar-refractivity contribution in [2.24, 2.45) is 5.73 Å². The van der Waals surface area contributed by atoms with Crippen molar-refractivity contribution in [3.8, 4) is 11.8 Å². The SMILES string of the molecule is CC.C[C@H](O)CN1C[C@@H](N)C[C@@H](N2Cc3cn[nH]c3C2)C1.FCC1=CC=C(F)CC#C1. The molecule has 0 aromatic carbocycles. The van der Waals surface area contributed by atoms with E-state index in [1.807, 2.05) is 27.0 Å². The highest BCUT2D eigenvalue weighted by atomic mass is 19.1. The molecule has 3 heterocycles. The molecule has 172 valence electrons. The van der Waals surface area contributed by atoms with E-state index in [4.69, 9.17) is 5.73 Å². The molecule has 4 N–H and O–H groups in total. The van der Waals surface area contributed by atoms with E-state index in [-0.39, 0.29) is 24.4 Å². The molecule has 0 bridgehead atoms. The Morgan fingerprint density at radius 2 is 2.10 bits per heavy atom. The number of hydrogen-bond acceptors (Lipinski definition) is 5. The zero-order chi connectivity index (χ0) is 22.8. The van der Waals surface area contributed by atoms with Crippen molar-refractivity contribution in [1.82, 2.24) is 20.0 Å². The second-order valence-corrected chi connectivity index (χ2v) is 7.91. The normalized spacial score (nSPS) is 24.1. The average Bonchev–Trinajstić information content (AvgIpc) is 3.27. The first-order valence-corrected chi connectivity index (χ1v) is 11.0. The third kappa shape index (κ3) is 7.86. The van der Waals surface area contributed by atoms with Crippen LogP contribution in [0.5, 0.6) is 0 Å². The minimum atomic E-state index is -0.614. The quantitative estimate of drug-likeness (QED) is 0.634. The number of aliphatic hydroxyl groups is 1. The number of piperidine rings is 1. The number of rotatable bonds is 4. The Morgan fingerprint density at radius 1 is 1.32 bits per heavy atom. The van der Waals surface area contributed by atoms with Gasteiger partial charge in [-0.05, 0) is 25.5 Å². The fourth-order valence-corrected chi connectivity index (χ4v) is 3.95. The molecule has 1 saturated heterocycles. The van der Waals surface area contributed by atoms with Crippen molar-refractivity contribution >= 4 is 0 Å². The first-order chi connectivity index (χ1) is 14.9. The summed E-state index contributed by atoms with van der Waals surface area (Å²) < 4.78 is 24.2. The Bertz CT molecular complexity index is 786. The highest BCUT2D eigenvalue weighted by Crippen LogP contribution is 2.26. The molecule has 4 rings (SSSR count). The molecule has 1 fully saturated rings. The highest BCUT2D eigenvalue weighted by molar-refractivity contribution is 5.36. The van der Waals surface area contributed by atoms with Gasteiger partial charge >= 0.3 is 0 Å². The zero-order valence-electron chi connectivity index (χ0n) is 18.7. The van der Waals surface area contributed by atoms with Crippen LogP contribution >= 0.6 is 0 Å². The molecule has 1 aromatic rings. The molecule has 8 heteroatoms. The third-order valence-electron chi connectivity index (χ3n) is 5.23. The maximum absolute atomic E-state index is 12.3. The largest absolute Gasteiger partial charge is 0.392 e. The van der Waals surface area contributed by atoms with Crippen molar-refractivity contribution < 1.29 is 13.9 Å². The molecule has 0 unspecified atom stereocenters. The highest BCUT2D eigenvalue weighted by Gasteiger charge is 2.33. The van der Waals surface area contributed by atoms with E-state index in [2.05, 4.69) is 31.8 Å². The lowest BCUT2D eigenvalue weighted by atomic mass is 10.00. The molecular weight excluding hydrogens is 400 g/mol. The maximum atomic E-state index is 12.3. The molecule has 3 aliphatic rings. The van der Waals surface area contributed by atoms with Gasteiger partial charge in [-0.25, -0.2) is 8.78 Å². The van der Waals surface area contributed by atoms with Crippen LogP contribution in [0.2, 0.25) is 0 Å². The topological polar surface area (TPSA) is 81.4 Å². The monoisotopic (exact) mass is 435 g/mol. The maximum Gasteiger partial charge on any atom is 0.122 e. The Kier molecular flexibility index (Phi) is 10.3. The van der Waals surface area contributed by atoms with Crippen LogP contribution in [-0.2, 0) is 13.1 Å².